The number of aliphatic hydroxyl groups excluding tert-OH is 1. The molecule has 0 amide bonds. The number of hydrogen-bond acceptors (Lipinski definition) is 3. The van der Waals surface area contributed by atoms with Gasteiger partial charge in [0, 0.05) is 55.5 Å². The van der Waals surface area contributed by atoms with Crippen LogP contribution in [0.2, 0.25) is 5.02 Å². The Kier molecular flexibility index (Phi) is 5.99. The van der Waals surface area contributed by atoms with Crippen LogP contribution >= 0.6 is 11.6 Å². The van der Waals surface area contributed by atoms with E-state index < -0.39 is 0 Å². The van der Waals surface area contributed by atoms with E-state index in [4.69, 9.17) is 11.6 Å². The van der Waals surface area contributed by atoms with Crippen LogP contribution in [0.4, 0.5) is 4.39 Å². The van der Waals surface area contributed by atoms with Gasteiger partial charge in [-0.1, -0.05) is 11.6 Å². The highest BCUT2D eigenvalue weighted by atomic mass is 35.5. The Balaban J connectivity index is 2.14. The molecule has 1 aromatic rings. The molecule has 5 heteroatoms. The zero-order valence-electron chi connectivity index (χ0n) is 12.7. The molecule has 0 saturated carbocycles. The highest BCUT2D eigenvalue weighted by Crippen LogP contribution is 2.29. The highest BCUT2D eigenvalue weighted by Gasteiger charge is 2.27. The van der Waals surface area contributed by atoms with Gasteiger partial charge in [0.15, 0.2) is 0 Å². The summed E-state index contributed by atoms with van der Waals surface area (Å²) < 4.78 is 14.1. The molecular weight excluding hydrogens is 291 g/mol. The van der Waals surface area contributed by atoms with Gasteiger partial charge in [-0.25, -0.2) is 4.39 Å². The molecule has 1 aliphatic heterocycles. The lowest BCUT2D eigenvalue weighted by Gasteiger charge is -2.41. The van der Waals surface area contributed by atoms with Gasteiger partial charge in [-0.3, -0.25) is 9.80 Å². The third-order valence-electron chi connectivity index (χ3n) is 4.24. The zero-order chi connectivity index (χ0) is 15.4. The van der Waals surface area contributed by atoms with Crippen LogP contribution in [0.5, 0.6) is 0 Å². The van der Waals surface area contributed by atoms with Gasteiger partial charge in [-0.05, 0) is 38.5 Å². The maximum absolute atomic E-state index is 14.1. The predicted octanol–water partition coefficient (Wildman–Crippen LogP) is 2.93. The molecule has 1 heterocycles. The molecule has 0 aliphatic carbocycles. The zero-order valence-corrected chi connectivity index (χ0v) is 13.5. The number of nitrogens with zero attached hydrogens (tertiary/aromatic N) is 2. The van der Waals surface area contributed by atoms with E-state index in [1.165, 1.54) is 6.07 Å². The number of halogens is 2. The van der Waals surface area contributed by atoms with E-state index in [1.54, 1.807) is 12.1 Å². The molecule has 3 nitrogen and oxygen atoms in total. The maximum atomic E-state index is 14.1. The van der Waals surface area contributed by atoms with Crippen molar-refractivity contribution in [2.24, 2.45) is 0 Å². The summed E-state index contributed by atoms with van der Waals surface area (Å²) in [4.78, 5) is 4.67. The minimum Gasteiger partial charge on any atom is -0.396 e. The van der Waals surface area contributed by atoms with E-state index in [-0.39, 0.29) is 18.5 Å². The average Bonchev–Trinajstić information content (AvgIpc) is 2.48. The Labute approximate surface area is 131 Å². The minimum atomic E-state index is -0.246. The molecule has 1 fully saturated rings. The van der Waals surface area contributed by atoms with Crippen LogP contribution in [0.25, 0.3) is 0 Å². The number of rotatable bonds is 5. The van der Waals surface area contributed by atoms with Gasteiger partial charge in [0.2, 0.25) is 0 Å². The molecule has 0 unspecified atom stereocenters. The highest BCUT2D eigenvalue weighted by molar-refractivity contribution is 6.30. The Hall–Kier alpha value is -0.680. The van der Waals surface area contributed by atoms with E-state index in [0.29, 0.717) is 23.0 Å². The van der Waals surface area contributed by atoms with Crippen LogP contribution in [0.3, 0.4) is 0 Å². The van der Waals surface area contributed by atoms with Crippen molar-refractivity contribution < 1.29 is 9.50 Å². The normalized spacial score (nSPS) is 19.1. The summed E-state index contributed by atoms with van der Waals surface area (Å²) in [6.07, 6.45) is 0.527. The summed E-state index contributed by atoms with van der Waals surface area (Å²) in [5.74, 6) is -0.246. The van der Waals surface area contributed by atoms with Crippen molar-refractivity contribution in [3.63, 3.8) is 0 Å². The van der Waals surface area contributed by atoms with E-state index in [0.717, 1.165) is 26.2 Å². The summed E-state index contributed by atoms with van der Waals surface area (Å²) >= 11 is 6.01. The second-order valence-corrected chi connectivity index (χ2v) is 6.30. The van der Waals surface area contributed by atoms with Crippen LogP contribution in [0.1, 0.15) is 31.9 Å². The molecule has 0 aromatic heterocycles. The van der Waals surface area contributed by atoms with Crippen molar-refractivity contribution in [1.82, 2.24) is 9.80 Å². The first-order valence-corrected chi connectivity index (χ1v) is 7.94. The van der Waals surface area contributed by atoms with Crippen molar-refractivity contribution in [3.05, 3.63) is 34.6 Å². The van der Waals surface area contributed by atoms with Gasteiger partial charge < -0.3 is 5.11 Å². The summed E-state index contributed by atoms with van der Waals surface area (Å²) in [6.45, 7) is 8.14. The third kappa shape index (κ3) is 4.16. The lowest BCUT2D eigenvalue weighted by atomic mass is 10.0. The van der Waals surface area contributed by atoms with Gasteiger partial charge in [0.25, 0.3) is 0 Å². The first-order valence-electron chi connectivity index (χ1n) is 7.57. The minimum absolute atomic E-state index is 0.0427. The number of hydrogen-bond donors (Lipinski definition) is 1. The SMILES string of the molecule is CC(C)N1CCN([C@@H](CCO)c2cc(Cl)ccc2F)CC1. The standard InChI is InChI=1S/C16H24ClFN2O/c1-12(2)19-6-8-20(9-7-19)16(5-10-21)14-11-13(17)3-4-15(14)18/h3-4,11-12,16,21H,5-10H2,1-2H3/t16-/m0/s1. The van der Waals surface area contributed by atoms with Crippen molar-refractivity contribution >= 4 is 11.6 Å². The van der Waals surface area contributed by atoms with Gasteiger partial charge >= 0.3 is 0 Å². The molecule has 118 valence electrons. The third-order valence-corrected chi connectivity index (χ3v) is 4.47. The lowest BCUT2D eigenvalue weighted by molar-refractivity contribution is 0.0662. The predicted molar refractivity (Wildman–Crippen MR) is 84.1 cm³/mol. The molecule has 2 rings (SSSR count). The average molecular weight is 315 g/mol. The molecular formula is C16H24ClFN2O. The molecule has 1 saturated heterocycles. The largest absolute Gasteiger partial charge is 0.396 e. The maximum Gasteiger partial charge on any atom is 0.128 e. The topological polar surface area (TPSA) is 26.7 Å². The molecule has 0 radical (unpaired) electrons. The summed E-state index contributed by atoms with van der Waals surface area (Å²) in [6, 6.07) is 5.08. The molecule has 1 aliphatic rings. The fraction of sp³-hybridized carbons (Fsp3) is 0.625. The molecule has 1 atom stereocenters. The Morgan fingerprint density at radius 1 is 1.19 bits per heavy atom. The summed E-state index contributed by atoms with van der Waals surface area (Å²) in [7, 11) is 0. The molecule has 1 N–H and O–H groups in total. The van der Waals surface area contributed by atoms with Gasteiger partial charge in [0.1, 0.15) is 5.82 Å². The fourth-order valence-electron chi connectivity index (χ4n) is 2.99. The number of benzene rings is 1. The van der Waals surface area contributed by atoms with Crippen LogP contribution in [-0.4, -0.2) is 53.7 Å². The molecule has 0 spiro atoms. The van der Waals surface area contributed by atoms with Crippen molar-refractivity contribution in [2.45, 2.75) is 32.4 Å². The van der Waals surface area contributed by atoms with Gasteiger partial charge in [-0.15, -0.1) is 0 Å². The number of aliphatic hydroxyl groups is 1. The summed E-state index contributed by atoms with van der Waals surface area (Å²) in [5.41, 5.74) is 0.592. The van der Waals surface area contributed by atoms with Crippen molar-refractivity contribution in [3.8, 4) is 0 Å². The Bertz CT molecular complexity index is 462. The van der Waals surface area contributed by atoms with Crippen LogP contribution in [-0.2, 0) is 0 Å². The second kappa shape index (κ2) is 7.54. The van der Waals surface area contributed by atoms with Gasteiger partial charge in [0.05, 0.1) is 0 Å². The van der Waals surface area contributed by atoms with Crippen molar-refractivity contribution in [1.29, 1.82) is 0 Å². The van der Waals surface area contributed by atoms with Crippen LogP contribution < -0.4 is 0 Å². The smallest absolute Gasteiger partial charge is 0.128 e. The first kappa shape index (κ1) is 16.7. The Morgan fingerprint density at radius 2 is 1.81 bits per heavy atom. The first-order chi connectivity index (χ1) is 10.0. The Morgan fingerprint density at radius 3 is 2.38 bits per heavy atom. The lowest BCUT2D eigenvalue weighted by Crippen LogP contribution is -2.50. The molecule has 1 aromatic carbocycles. The second-order valence-electron chi connectivity index (χ2n) is 5.86. The van der Waals surface area contributed by atoms with E-state index in [1.807, 2.05) is 0 Å². The molecule has 0 bridgehead atoms. The summed E-state index contributed by atoms with van der Waals surface area (Å²) in [5, 5.41) is 9.87. The quantitative estimate of drug-likeness (QED) is 0.905. The van der Waals surface area contributed by atoms with Crippen molar-refractivity contribution in [2.75, 3.05) is 32.8 Å². The monoisotopic (exact) mass is 314 g/mol. The van der Waals surface area contributed by atoms with Crippen LogP contribution in [0.15, 0.2) is 18.2 Å². The van der Waals surface area contributed by atoms with Crippen LogP contribution in [0, 0.1) is 5.82 Å². The van der Waals surface area contributed by atoms with E-state index >= 15 is 0 Å². The van der Waals surface area contributed by atoms with Gasteiger partial charge in [-0.2, -0.15) is 0 Å². The molecule has 21 heavy (non-hydrogen) atoms. The van der Waals surface area contributed by atoms with E-state index in [9.17, 15) is 9.50 Å². The fourth-order valence-corrected chi connectivity index (χ4v) is 3.17. The number of piperazine rings is 1. The van der Waals surface area contributed by atoms with E-state index in [2.05, 4.69) is 23.6 Å².